The molecular weight excluding hydrogens is 300 g/mol. The van der Waals surface area contributed by atoms with Gasteiger partial charge in [0.25, 0.3) is 0 Å². The molecule has 0 amide bonds. The van der Waals surface area contributed by atoms with E-state index in [2.05, 4.69) is 0 Å². The predicted molar refractivity (Wildman–Crippen MR) is 93.8 cm³/mol. The van der Waals surface area contributed by atoms with Gasteiger partial charge in [0.15, 0.2) is 0 Å². The number of hydrogen-bond acceptors (Lipinski definition) is 3. The van der Waals surface area contributed by atoms with Gasteiger partial charge in [0.05, 0.1) is 0 Å². The van der Waals surface area contributed by atoms with E-state index < -0.39 is 0 Å². The van der Waals surface area contributed by atoms with E-state index in [4.69, 9.17) is 9.15 Å². The van der Waals surface area contributed by atoms with Crippen LogP contribution in [0, 0.1) is 6.92 Å². The zero-order valence-corrected chi connectivity index (χ0v) is 13.2. The van der Waals surface area contributed by atoms with Gasteiger partial charge >= 0.3 is 5.63 Å². The number of fused-ring (bicyclic) bond motifs is 1. The molecule has 0 spiro atoms. The molecule has 0 bridgehead atoms. The minimum absolute atomic E-state index is 0.314. The van der Waals surface area contributed by atoms with Crippen molar-refractivity contribution in [1.82, 2.24) is 0 Å². The van der Waals surface area contributed by atoms with Gasteiger partial charge in [-0.15, -0.1) is 0 Å². The van der Waals surface area contributed by atoms with Crippen LogP contribution in [0.2, 0.25) is 0 Å². The second kappa shape index (κ2) is 5.85. The number of benzene rings is 2. The normalized spacial score (nSPS) is 17.5. The van der Waals surface area contributed by atoms with Crippen LogP contribution in [0.25, 0.3) is 11.6 Å². The highest BCUT2D eigenvalue weighted by Gasteiger charge is 2.33. The molecule has 24 heavy (non-hydrogen) atoms. The third-order valence-corrected chi connectivity index (χ3v) is 4.08. The molecule has 0 saturated carbocycles. The highest BCUT2D eigenvalue weighted by atomic mass is 16.5. The Bertz CT molecular complexity index is 953. The van der Waals surface area contributed by atoms with Crippen molar-refractivity contribution in [3.63, 3.8) is 0 Å². The lowest BCUT2D eigenvalue weighted by Gasteiger charge is -2.13. The van der Waals surface area contributed by atoms with Gasteiger partial charge in [-0.2, -0.15) is 0 Å². The third-order valence-electron chi connectivity index (χ3n) is 4.08. The van der Waals surface area contributed by atoms with Crippen LogP contribution < -0.4 is 10.4 Å². The first-order chi connectivity index (χ1) is 11.7. The molecule has 3 heteroatoms. The second-order valence-electron chi connectivity index (χ2n) is 5.80. The summed E-state index contributed by atoms with van der Waals surface area (Å²) < 4.78 is 11.4. The van der Waals surface area contributed by atoms with E-state index in [1.54, 1.807) is 13.0 Å². The van der Waals surface area contributed by atoms with Crippen LogP contribution in [0.4, 0.5) is 0 Å². The molecule has 118 valence electrons. The van der Waals surface area contributed by atoms with Crippen molar-refractivity contribution in [2.24, 2.45) is 0 Å². The summed E-state index contributed by atoms with van der Waals surface area (Å²) in [7, 11) is 0. The Balaban J connectivity index is 1.92. The largest absolute Gasteiger partial charge is 0.480 e. The van der Waals surface area contributed by atoms with E-state index in [0.717, 1.165) is 16.7 Å². The van der Waals surface area contributed by atoms with Gasteiger partial charge in [-0.05, 0) is 24.1 Å². The summed E-state index contributed by atoms with van der Waals surface area (Å²) >= 11 is 0. The van der Waals surface area contributed by atoms with Gasteiger partial charge in [0.1, 0.15) is 23.2 Å². The molecule has 1 aromatic heterocycles. The molecule has 0 N–H and O–H groups in total. The first kappa shape index (κ1) is 14.5. The minimum atomic E-state index is -0.356. The maximum Gasteiger partial charge on any atom is 0.347 e. The Kier molecular flexibility index (Phi) is 3.54. The van der Waals surface area contributed by atoms with Crippen molar-refractivity contribution in [3.05, 3.63) is 99.6 Å². The zero-order valence-electron chi connectivity index (χ0n) is 13.2. The third kappa shape index (κ3) is 2.54. The summed E-state index contributed by atoms with van der Waals surface area (Å²) in [5.41, 5.74) is 3.01. The topological polar surface area (TPSA) is 39.4 Å². The van der Waals surface area contributed by atoms with Crippen molar-refractivity contribution in [3.8, 4) is 5.75 Å². The summed E-state index contributed by atoms with van der Waals surface area (Å²) in [6.45, 7) is 1.75. The van der Waals surface area contributed by atoms with Crippen LogP contribution in [0.5, 0.6) is 5.75 Å². The molecule has 0 aliphatic carbocycles. The van der Waals surface area contributed by atoms with E-state index in [-0.39, 0.29) is 11.7 Å². The molecule has 0 radical (unpaired) electrons. The standard InChI is InChI=1S/C21H16O3/c1-14-12-18-19(21(22)23-14)17(13-15-8-4-2-5-9-15)20(24-18)16-10-6-3-7-11-16/h2-13,20H,1H3/b17-13-. The van der Waals surface area contributed by atoms with E-state index in [9.17, 15) is 4.79 Å². The minimum Gasteiger partial charge on any atom is -0.480 e. The highest BCUT2D eigenvalue weighted by Crippen LogP contribution is 2.44. The second-order valence-corrected chi connectivity index (χ2v) is 5.80. The lowest BCUT2D eigenvalue weighted by Crippen LogP contribution is -2.06. The van der Waals surface area contributed by atoms with E-state index >= 15 is 0 Å². The maximum atomic E-state index is 12.4. The van der Waals surface area contributed by atoms with Crippen molar-refractivity contribution in [2.75, 3.05) is 0 Å². The summed E-state index contributed by atoms with van der Waals surface area (Å²) in [6, 6.07) is 21.6. The summed E-state index contributed by atoms with van der Waals surface area (Å²) in [4.78, 5) is 12.4. The van der Waals surface area contributed by atoms with E-state index in [1.807, 2.05) is 66.7 Å². The van der Waals surface area contributed by atoms with Gasteiger partial charge < -0.3 is 9.15 Å². The van der Waals surface area contributed by atoms with Crippen LogP contribution in [0.1, 0.15) is 28.6 Å². The number of aryl methyl sites for hydroxylation is 1. The molecule has 0 fully saturated rings. The van der Waals surface area contributed by atoms with E-state index in [1.165, 1.54) is 0 Å². The molecule has 1 unspecified atom stereocenters. The molecule has 1 aliphatic rings. The number of ether oxygens (including phenoxy) is 1. The Hall–Kier alpha value is -3.07. The smallest absolute Gasteiger partial charge is 0.347 e. The molecule has 3 nitrogen and oxygen atoms in total. The molecule has 1 aliphatic heterocycles. The molecule has 2 aromatic carbocycles. The Morgan fingerprint density at radius 1 is 0.958 bits per heavy atom. The predicted octanol–water partition coefficient (Wildman–Crippen LogP) is 4.62. The van der Waals surface area contributed by atoms with Crippen molar-refractivity contribution in [1.29, 1.82) is 0 Å². The molecular formula is C21H16O3. The highest BCUT2D eigenvalue weighted by molar-refractivity contribution is 5.88. The summed E-state index contributed by atoms with van der Waals surface area (Å²) in [6.07, 6.45) is 1.68. The van der Waals surface area contributed by atoms with Gasteiger partial charge in [-0.3, -0.25) is 0 Å². The first-order valence-electron chi connectivity index (χ1n) is 7.86. The number of rotatable bonds is 2. The fourth-order valence-corrected chi connectivity index (χ4v) is 3.01. The molecule has 0 saturated heterocycles. The van der Waals surface area contributed by atoms with Gasteiger partial charge in [-0.25, -0.2) is 4.79 Å². The average molecular weight is 316 g/mol. The van der Waals surface area contributed by atoms with Crippen LogP contribution in [-0.2, 0) is 0 Å². The Morgan fingerprint density at radius 3 is 2.33 bits per heavy atom. The van der Waals surface area contributed by atoms with Crippen LogP contribution in [0.15, 0.2) is 75.9 Å². The van der Waals surface area contributed by atoms with Crippen LogP contribution in [-0.4, -0.2) is 0 Å². The van der Waals surface area contributed by atoms with Crippen LogP contribution in [0.3, 0.4) is 0 Å². The monoisotopic (exact) mass is 316 g/mol. The van der Waals surface area contributed by atoms with E-state index in [0.29, 0.717) is 17.1 Å². The lowest BCUT2D eigenvalue weighted by atomic mass is 9.96. The van der Waals surface area contributed by atoms with Gasteiger partial charge in [0, 0.05) is 11.6 Å². The fourth-order valence-electron chi connectivity index (χ4n) is 3.01. The molecule has 4 rings (SSSR count). The molecule has 1 atom stereocenters. The molecule has 3 aromatic rings. The van der Waals surface area contributed by atoms with Crippen molar-refractivity contribution < 1.29 is 9.15 Å². The van der Waals surface area contributed by atoms with Crippen molar-refractivity contribution in [2.45, 2.75) is 13.0 Å². The lowest BCUT2D eigenvalue weighted by molar-refractivity contribution is 0.281. The first-order valence-corrected chi connectivity index (χ1v) is 7.86. The Morgan fingerprint density at radius 2 is 1.62 bits per heavy atom. The van der Waals surface area contributed by atoms with Gasteiger partial charge in [-0.1, -0.05) is 60.7 Å². The summed E-state index contributed by atoms with van der Waals surface area (Å²) in [5.74, 6) is 1.13. The average Bonchev–Trinajstić information content (AvgIpc) is 2.95. The SMILES string of the molecule is Cc1cc2c(c(=O)o1)/C(=C/c1ccccc1)C(c1ccccc1)O2. The zero-order chi connectivity index (χ0) is 16.5. The number of hydrogen-bond donors (Lipinski definition) is 0. The van der Waals surface area contributed by atoms with Crippen LogP contribution >= 0.6 is 0 Å². The fraction of sp³-hybridized carbons (Fsp3) is 0.0952. The Labute approximate surface area is 139 Å². The van der Waals surface area contributed by atoms with Gasteiger partial charge in [0.2, 0.25) is 0 Å². The molecule has 2 heterocycles. The summed E-state index contributed by atoms with van der Waals surface area (Å²) in [5, 5.41) is 0. The van der Waals surface area contributed by atoms with Crippen molar-refractivity contribution >= 4 is 11.6 Å². The quantitative estimate of drug-likeness (QED) is 0.692. The maximum absolute atomic E-state index is 12.4.